The van der Waals surface area contributed by atoms with Gasteiger partial charge in [0, 0.05) is 5.56 Å². The molecule has 0 heterocycles. The molecule has 1 aromatic rings. The highest BCUT2D eigenvalue weighted by molar-refractivity contribution is 6.41. The first-order chi connectivity index (χ1) is 22.8. The highest BCUT2D eigenvalue weighted by Gasteiger charge is 2.74. The fourth-order valence-electron chi connectivity index (χ4n) is 7.78. The number of Topliss-reactive ketones (excluding diaryl/α,β-unsaturated/α-hetero) is 3. The molecule has 0 aliphatic heterocycles. The van der Waals surface area contributed by atoms with Crippen molar-refractivity contribution < 1.29 is 29.7 Å². The van der Waals surface area contributed by atoms with Crippen LogP contribution in [-0.4, -0.2) is 32.7 Å². The lowest BCUT2D eigenvalue weighted by Crippen LogP contribution is -2.70. The zero-order valence-electron chi connectivity index (χ0n) is 31.4. The number of carbonyl (C=O) groups is 3. The standard InChI is InChI=1S/C43H58O6/c1-27(2)13-11-15-31(9)16-18-33-26-42(23-20-29(5)6)38(47)36(37(46)32-17-19-34(44)35(45)25-32)39(48)43(40(42)49,24-21-30(7)8)41(33,10)22-12-14-28(3)4/h13-14,16-17,19-21,25,33,44-46H,11-12,15,18,22-24,26H2,1-10H3/b31-16+,37-36+/t33-,41+,42+,43-/m1/s1. The van der Waals surface area contributed by atoms with Gasteiger partial charge >= 0.3 is 0 Å². The van der Waals surface area contributed by atoms with E-state index in [0.717, 1.165) is 35.6 Å². The number of fused-ring (bicyclic) bond motifs is 2. The molecule has 2 bridgehead atoms. The Morgan fingerprint density at radius 1 is 0.755 bits per heavy atom. The molecule has 2 saturated carbocycles. The van der Waals surface area contributed by atoms with Crippen LogP contribution in [0.1, 0.15) is 126 Å². The van der Waals surface area contributed by atoms with Crippen molar-refractivity contribution in [3.63, 3.8) is 0 Å². The molecule has 6 nitrogen and oxygen atoms in total. The first kappa shape index (κ1) is 39.5. The minimum absolute atomic E-state index is 0.0202. The number of benzene rings is 1. The highest BCUT2D eigenvalue weighted by Crippen LogP contribution is 2.67. The van der Waals surface area contributed by atoms with Crippen LogP contribution in [0.25, 0.3) is 5.76 Å². The lowest BCUT2D eigenvalue weighted by atomic mass is 9.37. The van der Waals surface area contributed by atoms with Crippen molar-refractivity contribution in [3.05, 3.63) is 87.6 Å². The third-order valence-corrected chi connectivity index (χ3v) is 10.8. The lowest BCUT2D eigenvalue weighted by molar-refractivity contribution is -0.178. The number of rotatable bonds is 13. The number of aromatic hydroxyl groups is 2. The van der Waals surface area contributed by atoms with Gasteiger partial charge in [0.2, 0.25) is 0 Å². The van der Waals surface area contributed by atoms with Crippen molar-refractivity contribution in [2.24, 2.45) is 22.2 Å². The summed E-state index contributed by atoms with van der Waals surface area (Å²) in [6, 6.07) is 3.69. The Morgan fingerprint density at radius 3 is 1.90 bits per heavy atom. The van der Waals surface area contributed by atoms with Gasteiger partial charge < -0.3 is 15.3 Å². The van der Waals surface area contributed by atoms with Gasteiger partial charge in [-0.15, -0.1) is 0 Å². The van der Waals surface area contributed by atoms with Gasteiger partial charge in [-0.25, -0.2) is 0 Å². The SMILES string of the molecule is CC(C)=CCC/C(C)=C/C[C@@H]1C[C@@]2(CC=C(C)C)C(=O)/C(=C(\O)c3ccc(O)c(O)c3)C(=O)[C@](CC=C(C)C)(C2=O)[C@@]1(C)CCC=C(C)C. The second-order valence-corrected chi connectivity index (χ2v) is 15.6. The van der Waals surface area contributed by atoms with Crippen molar-refractivity contribution >= 4 is 23.1 Å². The van der Waals surface area contributed by atoms with Gasteiger partial charge in [0.1, 0.15) is 16.7 Å². The number of hydrogen-bond donors (Lipinski definition) is 3. The van der Waals surface area contributed by atoms with Crippen LogP contribution in [0.3, 0.4) is 0 Å². The number of ketones is 3. The van der Waals surface area contributed by atoms with E-state index in [1.165, 1.54) is 23.3 Å². The summed E-state index contributed by atoms with van der Waals surface area (Å²) < 4.78 is 0. The molecular formula is C43H58O6. The van der Waals surface area contributed by atoms with Gasteiger partial charge in [0.15, 0.2) is 28.8 Å². The summed E-state index contributed by atoms with van der Waals surface area (Å²) in [5.74, 6) is -3.33. The first-order valence-corrected chi connectivity index (χ1v) is 17.6. The van der Waals surface area contributed by atoms with Crippen LogP contribution in [0.4, 0.5) is 0 Å². The molecule has 0 amide bonds. The van der Waals surface area contributed by atoms with E-state index in [2.05, 4.69) is 45.9 Å². The summed E-state index contributed by atoms with van der Waals surface area (Å²) in [5, 5.41) is 32.0. The van der Waals surface area contributed by atoms with Crippen LogP contribution in [0, 0.1) is 22.2 Å². The molecule has 3 N–H and O–H groups in total. The van der Waals surface area contributed by atoms with Gasteiger partial charge in [-0.1, -0.05) is 65.2 Å². The largest absolute Gasteiger partial charge is 0.506 e. The molecule has 6 heteroatoms. The maximum absolute atomic E-state index is 15.4. The third kappa shape index (κ3) is 7.95. The maximum atomic E-state index is 15.4. The molecule has 0 unspecified atom stereocenters. The fourth-order valence-corrected chi connectivity index (χ4v) is 7.78. The molecule has 3 rings (SSSR count). The molecule has 266 valence electrons. The second kappa shape index (κ2) is 15.7. The van der Waals surface area contributed by atoms with Gasteiger partial charge in [0.25, 0.3) is 0 Å². The van der Waals surface area contributed by atoms with Gasteiger partial charge in [-0.05, 0) is 143 Å². The van der Waals surface area contributed by atoms with E-state index in [-0.39, 0.29) is 36.5 Å². The first-order valence-electron chi connectivity index (χ1n) is 17.6. The Hall–Kier alpha value is -3.93. The monoisotopic (exact) mass is 670 g/mol. The predicted octanol–water partition coefficient (Wildman–Crippen LogP) is 10.6. The zero-order chi connectivity index (χ0) is 36.9. The topological polar surface area (TPSA) is 112 Å². The Labute approximate surface area is 294 Å². The van der Waals surface area contributed by atoms with Crippen molar-refractivity contribution in [2.75, 3.05) is 0 Å². The third-order valence-electron chi connectivity index (χ3n) is 10.8. The van der Waals surface area contributed by atoms with E-state index in [0.29, 0.717) is 19.3 Å². The number of aliphatic hydroxyl groups excluding tert-OH is 1. The summed E-state index contributed by atoms with van der Waals surface area (Å²) in [6.45, 7) is 20.1. The summed E-state index contributed by atoms with van der Waals surface area (Å²) in [7, 11) is 0. The van der Waals surface area contributed by atoms with Crippen LogP contribution < -0.4 is 0 Å². The minimum atomic E-state index is -1.63. The van der Waals surface area contributed by atoms with E-state index in [1.807, 2.05) is 53.7 Å². The van der Waals surface area contributed by atoms with E-state index in [1.54, 1.807) is 0 Å². The van der Waals surface area contributed by atoms with E-state index in [9.17, 15) is 20.1 Å². The summed E-state index contributed by atoms with van der Waals surface area (Å²) in [5.41, 5.74) is 1.11. The molecule has 0 spiro atoms. The average Bonchev–Trinajstić information content (AvgIpc) is 3.00. The highest BCUT2D eigenvalue weighted by atomic mass is 16.3. The average molecular weight is 671 g/mol. The Balaban J connectivity index is 2.44. The maximum Gasteiger partial charge on any atom is 0.184 e. The second-order valence-electron chi connectivity index (χ2n) is 15.6. The number of phenols is 2. The zero-order valence-corrected chi connectivity index (χ0v) is 31.4. The predicted molar refractivity (Wildman–Crippen MR) is 199 cm³/mol. The van der Waals surface area contributed by atoms with Gasteiger partial charge in [-0.2, -0.15) is 0 Å². The normalized spacial score (nSPS) is 26.2. The molecule has 4 atom stereocenters. The minimum Gasteiger partial charge on any atom is -0.506 e. The van der Waals surface area contributed by atoms with Crippen LogP contribution in [0.15, 0.2) is 82.0 Å². The molecule has 0 saturated heterocycles. The van der Waals surface area contributed by atoms with Crippen molar-refractivity contribution in [1.82, 2.24) is 0 Å². The van der Waals surface area contributed by atoms with Crippen LogP contribution >= 0.6 is 0 Å². The summed E-state index contributed by atoms with van der Waals surface area (Å²) in [4.78, 5) is 45.6. The van der Waals surface area contributed by atoms with E-state index < -0.39 is 50.6 Å². The molecule has 0 radical (unpaired) electrons. The smallest absolute Gasteiger partial charge is 0.184 e. The van der Waals surface area contributed by atoms with Crippen molar-refractivity contribution in [2.45, 2.75) is 121 Å². The fraction of sp³-hybridized carbons (Fsp3) is 0.512. The molecule has 2 aliphatic carbocycles. The number of hydrogen-bond acceptors (Lipinski definition) is 6. The lowest BCUT2D eigenvalue weighted by Gasteiger charge is -2.61. The number of aliphatic hydroxyl groups is 1. The number of allylic oxidation sites excluding steroid dienone is 11. The Morgan fingerprint density at radius 2 is 1.33 bits per heavy atom. The number of carbonyl (C=O) groups excluding carboxylic acids is 3. The molecule has 2 fully saturated rings. The molecule has 49 heavy (non-hydrogen) atoms. The number of phenolic OH excluding ortho intramolecular Hbond substituents is 2. The molecular weight excluding hydrogens is 612 g/mol. The van der Waals surface area contributed by atoms with E-state index in [4.69, 9.17) is 0 Å². The van der Waals surface area contributed by atoms with Gasteiger partial charge in [-0.3, -0.25) is 14.4 Å². The van der Waals surface area contributed by atoms with Crippen LogP contribution in [0.2, 0.25) is 0 Å². The molecule has 0 aromatic heterocycles. The molecule has 2 aliphatic rings. The molecule has 1 aromatic carbocycles. The summed E-state index contributed by atoms with van der Waals surface area (Å²) in [6.07, 6.45) is 14.6. The van der Waals surface area contributed by atoms with Crippen LogP contribution in [0.5, 0.6) is 11.5 Å². The quantitative estimate of drug-likeness (QED) is 0.0481. The van der Waals surface area contributed by atoms with Crippen molar-refractivity contribution in [3.8, 4) is 11.5 Å². The van der Waals surface area contributed by atoms with Crippen LogP contribution in [-0.2, 0) is 14.4 Å². The Kier molecular flexibility index (Phi) is 12.7. The van der Waals surface area contributed by atoms with Gasteiger partial charge in [0.05, 0.1) is 5.41 Å². The Bertz CT molecular complexity index is 1650. The van der Waals surface area contributed by atoms with Crippen molar-refractivity contribution in [1.29, 1.82) is 0 Å². The van der Waals surface area contributed by atoms with E-state index >= 15 is 9.59 Å². The summed E-state index contributed by atoms with van der Waals surface area (Å²) >= 11 is 0.